The van der Waals surface area contributed by atoms with Crippen molar-refractivity contribution in [1.82, 2.24) is 24.9 Å². The monoisotopic (exact) mass is 381 g/mol. The molecular formula is C18H12ClN5O3. The fraction of sp³-hybridized carbons (Fsp3) is 0.0556. The zero-order valence-corrected chi connectivity index (χ0v) is 14.6. The maximum absolute atomic E-state index is 12.2. The second-order valence-corrected chi connectivity index (χ2v) is 5.92. The average molecular weight is 382 g/mol. The van der Waals surface area contributed by atoms with Crippen LogP contribution in [-0.4, -0.2) is 30.9 Å². The van der Waals surface area contributed by atoms with E-state index in [4.69, 9.17) is 20.9 Å². The molecule has 0 saturated carbocycles. The number of carbonyl (C=O) groups is 1. The number of hydrogen-bond acceptors (Lipinski definition) is 7. The Bertz CT molecular complexity index is 1040. The van der Waals surface area contributed by atoms with Gasteiger partial charge in [-0.25, -0.2) is 14.5 Å². The first-order valence-electron chi connectivity index (χ1n) is 7.90. The summed E-state index contributed by atoms with van der Waals surface area (Å²) in [5, 5.41) is 8.51. The molecule has 9 heteroatoms. The first-order valence-corrected chi connectivity index (χ1v) is 8.27. The van der Waals surface area contributed by atoms with E-state index in [9.17, 15) is 4.79 Å². The Morgan fingerprint density at radius 2 is 1.89 bits per heavy atom. The van der Waals surface area contributed by atoms with E-state index < -0.39 is 5.97 Å². The van der Waals surface area contributed by atoms with Gasteiger partial charge < -0.3 is 9.26 Å². The highest BCUT2D eigenvalue weighted by atomic mass is 35.5. The van der Waals surface area contributed by atoms with Crippen LogP contribution in [-0.2, 0) is 11.3 Å². The second kappa shape index (κ2) is 7.38. The molecule has 0 unspecified atom stereocenters. The smallest absolute Gasteiger partial charge is 0.338 e. The summed E-state index contributed by atoms with van der Waals surface area (Å²) in [5.74, 6) is 0.105. The van der Waals surface area contributed by atoms with Gasteiger partial charge in [0.05, 0.1) is 11.3 Å². The molecule has 0 atom stereocenters. The van der Waals surface area contributed by atoms with Crippen LogP contribution in [0, 0.1) is 0 Å². The van der Waals surface area contributed by atoms with Crippen LogP contribution in [0.25, 0.3) is 17.1 Å². The van der Waals surface area contributed by atoms with Gasteiger partial charge in [-0.2, -0.15) is 10.1 Å². The highest BCUT2D eigenvalue weighted by Crippen LogP contribution is 2.19. The van der Waals surface area contributed by atoms with Gasteiger partial charge in [-0.3, -0.25) is 0 Å². The molecular weight excluding hydrogens is 370 g/mol. The lowest BCUT2D eigenvalue weighted by atomic mass is 10.2. The molecule has 0 bridgehead atoms. The van der Waals surface area contributed by atoms with Gasteiger partial charge in [-0.1, -0.05) is 16.8 Å². The van der Waals surface area contributed by atoms with Crippen molar-refractivity contribution in [3.63, 3.8) is 0 Å². The van der Waals surface area contributed by atoms with E-state index in [1.54, 1.807) is 59.5 Å². The third kappa shape index (κ3) is 3.85. The van der Waals surface area contributed by atoms with Crippen molar-refractivity contribution in [3.8, 4) is 17.1 Å². The summed E-state index contributed by atoms with van der Waals surface area (Å²) in [4.78, 5) is 20.3. The molecule has 0 aliphatic carbocycles. The quantitative estimate of drug-likeness (QED) is 0.489. The van der Waals surface area contributed by atoms with E-state index in [1.807, 2.05) is 0 Å². The molecule has 4 aromatic rings. The molecule has 4 rings (SSSR count). The Hall–Kier alpha value is -3.52. The SMILES string of the molecule is O=C(OCc1nc(-c2ccc(Cl)cc2)no1)c1ccc(-n2cncn2)cc1. The lowest BCUT2D eigenvalue weighted by Gasteiger charge is -2.04. The summed E-state index contributed by atoms with van der Waals surface area (Å²) in [6.07, 6.45) is 3.01. The van der Waals surface area contributed by atoms with Crippen molar-refractivity contribution in [2.24, 2.45) is 0 Å². The first kappa shape index (κ1) is 16.9. The Morgan fingerprint density at radius 1 is 1.11 bits per heavy atom. The number of halogens is 1. The van der Waals surface area contributed by atoms with Crippen LogP contribution in [0.3, 0.4) is 0 Å². The Balaban J connectivity index is 1.38. The summed E-state index contributed by atoms with van der Waals surface area (Å²) in [6.45, 7) is -0.121. The number of esters is 1. The van der Waals surface area contributed by atoms with Crippen molar-refractivity contribution in [3.05, 3.63) is 77.7 Å². The molecule has 0 aliphatic heterocycles. The molecule has 2 aromatic heterocycles. The lowest BCUT2D eigenvalue weighted by Crippen LogP contribution is -2.06. The molecule has 0 spiro atoms. The van der Waals surface area contributed by atoms with Gasteiger partial charge in [0, 0.05) is 10.6 Å². The van der Waals surface area contributed by atoms with Gasteiger partial charge in [0.25, 0.3) is 5.89 Å². The van der Waals surface area contributed by atoms with Crippen LogP contribution >= 0.6 is 11.6 Å². The standard InChI is InChI=1S/C18H12ClN5O3/c19-14-5-1-12(2-6-14)17-22-16(27-23-17)9-26-18(25)13-3-7-15(8-4-13)24-11-20-10-21-24/h1-8,10-11H,9H2. The zero-order valence-electron chi connectivity index (χ0n) is 13.8. The maximum atomic E-state index is 12.2. The zero-order chi connectivity index (χ0) is 18.6. The summed E-state index contributed by atoms with van der Waals surface area (Å²) < 4.78 is 11.9. The van der Waals surface area contributed by atoms with E-state index >= 15 is 0 Å². The Labute approximate surface area is 158 Å². The molecule has 2 aromatic carbocycles. The number of ether oxygens (including phenoxy) is 1. The highest BCUT2D eigenvalue weighted by molar-refractivity contribution is 6.30. The van der Waals surface area contributed by atoms with Gasteiger partial charge in [0.15, 0.2) is 6.61 Å². The van der Waals surface area contributed by atoms with E-state index in [0.29, 0.717) is 16.4 Å². The third-order valence-electron chi connectivity index (χ3n) is 3.68. The molecule has 0 amide bonds. The normalized spacial score (nSPS) is 10.7. The number of aromatic nitrogens is 5. The Kier molecular flexibility index (Phi) is 4.63. The van der Waals surface area contributed by atoms with Crippen molar-refractivity contribution in [2.75, 3.05) is 0 Å². The van der Waals surface area contributed by atoms with Crippen LogP contribution in [0.4, 0.5) is 0 Å². The number of rotatable bonds is 5. The molecule has 0 saturated heterocycles. The topological polar surface area (TPSA) is 95.9 Å². The van der Waals surface area contributed by atoms with Crippen LogP contribution in [0.15, 0.2) is 65.7 Å². The fourth-order valence-electron chi connectivity index (χ4n) is 2.33. The molecule has 0 fully saturated rings. The Morgan fingerprint density at radius 3 is 2.59 bits per heavy atom. The molecule has 0 aliphatic rings. The van der Waals surface area contributed by atoms with Gasteiger partial charge in [-0.15, -0.1) is 0 Å². The maximum Gasteiger partial charge on any atom is 0.338 e. The second-order valence-electron chi connectivity index (χ2n) is 5.48. The number of benzene rings is 2. The highest BCUT2D eigenvalue weighted by Gasteiger charge is 2.13. The van der Waals surface area contributed by atoms with Crippen molar-refractivity contribution >= 4 is 17.6 Å². The predicted molar refractivity (Wildman–Crippen MR) is 95.2 cm³/mol. The fourth-order valence-corrected chi connectivity index (χ4v) is 2.46. The number of hydrogen-bond donors (Lipinski definition) is 0. The van der Waals surface area contributed by atoms with E-state index in [0.717, 1.165) is 11.3 Å². The van der Waals surface area contributed by atoms with E-state index in [-0.39, 0.29) is 12.5 Å². The largest absolute Gasteiger partial charge is 0.452 e. The van der Waals surface area contributed by atoms with E-state index in [1.165, 1.54) is 6.33 Å². The lowest BCUT2D eigenvalue weighted by molar-refractivity contribution is 0.0430. The summed E-state index contributed by atoms with van der Waals surface area (Å²) in [6, 6.07) is 13.8. The van der Waals surface area contributed by atoms with Crippen LogP contribution in [0.5, 0.6) is 0 Å². The van der Waals surface area contributed by atoms with Crippen molar-refractivity contribution < 1.29 is 14.1 Å². The van der Waals surface area contributed by atoms with Gasteiger partial charge in [0.1, 0.15) is 12.7 Å². The predicted octanol–water partition coefficient (Wildman–Crippen LogP) is 3.33. The van der Waals surface area contributed by atoms with Gasteiger partial charge >= 0.3 is 5.97 Å². The number of carbonyl (C=O) groups excluding carboxylic acids is 1. The summed E-state index contributed by atoms with van der Waals surface area (Å²) in [7, 11) is 0. The minimum atomic E-state index is -0.494. The van der Waals surface area contributed by atoms with Crippen LogP contribution in [0.2, 0.25) is 5.02 Å². The molecule has 0 radical (unpaired) electrons. The molecule has 8 nitrogen and oxygen atoms in total. The average Bonchev–Trinajstić information content (AvgIpc) is 3.39. The molecule has 0 N–H and O–H groups in total. The first-order chi connectivity index (χ1) is 13.2. The summed E-state index contributed by atoms with van der Waals surface area (Å²) in [5.41, 5.74) is 1.94. The summed E-state index contributed by atoms with van der Waals surface area (Å²) >= 11 is 5.86. The van der Waals surface area contributed by atoms with Gasteiger partial charge in [-0.05, 0) is 48.5 Å². The van der Waals surface area contributed by atoms with Crippen molar-refractivity contribution in [2.45, 2.75) is 6.61 Å². The molecule has 27 heavy (non-hydrogen) atoms. The van der Waals surface area contributed by atoms with Crippen LogP contribution < -0.4 is 0 Å². The van der Waals surface area contributed by atoms with Crippen LogP contribution in [0.1, 0.15) is 16.2 Å². The van der Waals surface area contributed by atoms with Gasteiger partial charge in [0.2, 0.25) is 5.82 Å². The molecule has 134 valence electrons. The van der Waals surface area contributed by atoms with Crippen molar-refractivity contribution in [1.29, 1.82) is 0 Å². The number of nitrogens with zero attached hydrogens (tertiary/aromatic N) is 5. The third-order valence-corrected chi connectivity index (χ3v) is 3.94. The minimum Gasteiger partial charge on any atom is -0.452 e. The minimum absolute atomic E-state index is 0.121. The van der Waals surface area contributed by atoms with E-state index in [2.05, 4.69) is 20.2 Å². The molecule has 2 heterocycles.